The summed E-state index contributed by atoms with van der Waals surface area (Å²) >= 11 is 1.31. The van der Waals surface area contributed by atoms with Gasteiger partial charge in [-0.3, -0.25) is 0 Å². The molecule has 35 heavy (non-hydrogen) atoms. The molecular formula is C22H18F9NO2S. The summed E-state index contributed by atoms with van der Waals surface area (Å²) in [5.41, 5.74) is -6.64. The van der Waals surface area contributed by atoms with Gasteiger partial charge in [0.2, 0.25) is 0 Å². The summed E-state index contributed by atoms with van der Waals surface area (Å²) in [6.07, 6.45) is -17.0. The molecule has 2 aliphatic rings. The van der Waals surface area contributed by atoms with Gasteiger partial charge >= 0.3 is 18.7 Å². The number of ether oxygens (including phenoxy) is 1. The molecule has 2 N–H and O–H groups in total. The van der Waals surface area contributed by atoms with Crippen molar-refractivity contribution < 1.29 is 49.4 Å². The van der Waals surface area contributed by atoms with Crippen molar-refractivity contribution >= 4 is 17.4 Å². The van der Waals surface area contributed by atoms with E-state index in [1.165, 1.54) is 30.0 Å². The molecule has 2 aliphatic heterocycles. The zero-order valence-electron chi connectivity index (χ0n) is 18.0. The number of benzene rings is 2. The molecule has 2 heterocycles. The van der Waals surface area contributed by atoms with Gasteiger partial charge in [0.1, 0.15) is 5.75 Å². The maximum absolute atomic E-state index is 13.4. The molecular weight excluding hydrogens is 513 g/mol. The Morgan fingerprint density at radius 1 is 0.943 bits per heavy atom. The minimum absolute atomic E-state index is 0.120. The number of nitrogens with one attached hydrogen (secondary N) is 1. The predicted octanol–water partition coefficient (Wildman–Crippen LogP) is 7.06. The van der Waals surface area contributed by atoms with Crippen molar-refractivity contribution in [1.29, 1.82) is 0 Å². The SMILES string of the molecule is CC1(C)c2cc(C(O)(C(F)(F)F)C(F)(F)F)ccc2NC2c3cc(OC(F)(F)F)ccc3SCC21. The predicted molar refractivity (Wildman–Crippen MR) is 109 cm³/mol. The lowest BCUT2D eigenvalue weighted by Crippen LogP contribution is -2.54. The Morgan fingerprint density at radius 3 is 2.14 bits per heavy atom. The van der Waals surface area contributed by atoms with E-state index < -0.39 is 53.0 Å². The van der Waals surface area contributed by atoms with Crippen molar-refractivity contribution in [3.63, 3.8) is 0 Å². The molecule has 2 atom stereocenters. The number of hydrogen-bond donors (Lipinski definition) is 2. The number of halogens is 9. The lowest BCUT2D eigenvalue weighted by molar-refractivity contribution is -0.376. The van der Waals surface area contributed by atoms with Crippen LogP contribution in [0.4, 0.5) is 45.2 Å². The molecule has 13 heteroatoms. The Kier molecular flexibility index (Phi) is 5.79. The number of thioether (sulfide) groups is 1. The van der Waals surface area contributed by atoms with Crippen LogP contribution in [0.5, 0.6) is 5.75 Å². The Hall–Kier alpha value is -2.28. The molecule has 0 spiro atoms. The topological polar surface area (TPSA) is 41.5 Å². The van der Waals surface area contributed by atoms with E-state index in [1.807, 2.05) is 0 Å². The first-order valence-corrected chi connectivity index (χ1v) is 11.1. The highest BCUT2D eigenvalue weighted by Gasteiger charge is 2.71. The largest absolute Gasteiger partial charge is 0.573 e. The maximum Gasteiger partial charge on any atom is 0.573 e. The van der Waals surface area contributed by atoms with Gasteiger partial charge in [0.15, 0.2) is 0 Å². The number of rotatable bonds is 2. The van der Waals surface area contributed by atoms with Crippen molar-refractivity contribution in [3.8, 4) is 5.75 Å². The summed E-state index contributed by atoms with van der Waals surface area (Å²) in [6, 6.07) is 5.54. The van der Waals surface area contributed by atoms with Crippen molar-refractivity contribution in [3.05, 3.63) is 53.1 Å². The average Bonchev–Trinajstić information content (AvgIpc) is 2.70. The summed E-state index contributed by atoms with van der Waals surface area (Å²) in [7, 11) is 0. The van der Waals surface area contributed by atoms with Crippen LogP contribution in [0.1, 0.15) is 36.6 Å². The van der Waals surface area contributed by atoms with Gasteiger partial charge in [-0.05, 0) is 46.9 Å². The van der Waals surface area contributed by atoms with Gasteiger partial charge < -0.3 is 15.2 Å². The molecule has 0 saturated carbocycles. The monoisotopic (exact) mass is 531 g/mol. The summed E-state index contributed by atoms with van der Waals surface area (Å²) in [5.74, 6) is -0.476. The third kappa shape index (κ3) is 4.20. The third-order valence-electron chi connectivity index (χ3n) is 6.56. The molecule has 4 rings (SSSR count). The molecule has 2 aromatic rings. The van der Waals surface area contributed by atoms with E-state index in [2.05, 4.69) is 10.1 Å². The van der Waals surface area contributed by atoms with E-state index in [0.717, 1.165) is 6.07 Å². The van der Waals surface area contributed by atoms with E-state index in [4.69, 9.17) is 0 Å². The molecule has 0 bridgehead atoms. The fourth-order valence-corrected chi connectivity index (χ4v) is 6.16. The molecule has 2 unspecified atom stereocenters. The van der Waals surface area contributed by atoms with E-state index >= 15 is 0 Å². The summed E-state index contributed by atoms with van der Waals surface area (Å²) < 4.78 is 123. The van der Waals surface area contributed by atoms with Crippen LogP contribution in [0.2, 0.25) is 0 Å². The van der Waals surface area contributed by atoms with E-state index in [9.17, 15) is 44.6 Å². The lowest BCUT2D eigenvalue weighted by atomic mass is 9.65. The Balaban J connectivity index is 1.80. The summed E-state index contributed by atoms with van der Waals surface area (Å²) in [6.45, 7) is 3.27. The van der Waals surface area contributed by atoms with Gasteiger partial charge in [0, 0.05) is 27.8 Å². The normalized spacial score (nSPS) is 21.9. The zero-order chi connectivity index (χ0) is 26.2. The van der Waals surface area contributed by atoms with Gasteiger partial charge in [0.05, 0.1) is 6.04 Å². The van der Waals surface area contributed by atoms with E-state index in [1.54, 1.807) is 13.8 Å². The standard InChI is InChI=1S/C22H18F9NO2S/c1-18(2)13-7-10(19(33,20(23,24)25)21(26,27)28)3-5-15(13)32-17-12-8-11(34-22(29,30)31)4-6-16(12)35-9-14(17)18/h3-8,14,17,32-33H,9H2,1-2H3. The molecule has 0 aliphatic carbocycles. The Bertz CT molecular complexity index is 1130. The van der Waals surface area contributed by atoms with Crippen LogP contribution in [0.15, 0.2) is 41.3 Å². The highest BCUT2D eigenvalue weighted by atomic mass is 32.2. The zero-order valence-corrected chi connectivity index (χ0v) is 18.8. The fourth-order valence-electron chi connectivity index (χ4n) is 4.68. The van der Waals surface area contributed by atoms with Crippen molar-refractivity contribution in [2.24, 2.45) is 5.92 Å². The minimum Gasteiger partial charge on any atom is -0.406 e. The first-order valence-electron chi connectivity index (χ1n) is 10.2. The number of aliphatic hydroxyl groups is 1. The van der Waals surface area contributed by atoms with Crippen LogP contribution in [-0.2, 0) is 11.0 Å². The van der Waals surface area contributed by atoms with Crippen LogP contribution < -0.4 is 10.1 Å². The van der Waals surface area contributed by atoms with Crippen LogP contribution >= 0.6 is 11.8 Å². The molecule has 0 radical (unpaired) electrons. The average molecular weight is 531 g/mol. The molecule has 3 nitrogen and oxygen atoms in total. The van der Waals surface area contributed by atoms with Gasteiger partial charge in [-0.2, -0.15) is 26.3 Å². The number of anilines is 1. The maximum atomic E-state index is 13.4. The highest BCUT2D eigenvalue weighted by molar-refractivity contribution is 7.99. The molecule has 2 aromatic carbocycles. The fraction of sp³-hybridized carbons (Fsp3) is 0.455. The molecule has 0 amide bonds. The Morgan fingerprint density at radius 2 is 1.57 bits per heavy atom. The van der Waals surface area contributed by atoms with E-state index in [0.29, 0.717) is 28.3 Å². The second-order valence-corrected chi connectivity index (χ2v) is 10.0. The molecule has 0 fully saturated rings. The second-order valence-electron chi connectivity index (χ2n) is 8.97. The third-order valence-corrected chi connectivity index (χ3v) is 7.77. The van der Waals surface area contributed by atoms with E-state index in [-0.39, 0.29) is 11.3 Å². The van der Waals surface area contributed by atoms with Crippen LogP contribution in [0.3, 0.4) is 0 Å². The van der Waals surface area contributed by atoms with Gasteiger partial charge in [-0.1, -0.05) is 19.9 Å². The molecule has 192 valence electrons. The first kappa shape index (κ1) is 25.8. The number of alkyl halides is 9. The number of fused-ring (bicyclic) bond motifs is 4. The van der Waals surface area contributed by atoms with Crippen LogP contribution in [0.25, 0.3) is 0 Å². The Labute approximate surface area is 197 Å². The summed E-state index contributed by atoms with van der Waals surface area (Å²) in [5, 5.41) is 12.9. The highest BCUT2D eigenvalue weighted by Crippen LogP contribution is 2.56. The molecule has 0 aromatic heterocycles. The van der Waals surface area contributed by atoms with Gasteiger partial charge in [-0.25, -0.2) is 0 Å². The van der Waals surface area contributed by atoms with Crippen molar-refractivity contribution in [2.75, 3.05) is 11.1 Å². The van der Waals surface area contributed by atoms with Gasteiger partial charge in [0.25, 0.3) is 5.60 Å². The molecule has 0 saturated heterocycles. The lowest BCUT2D eigenvalue weighted by Gasteiger charge is -2.49. The van der Waals surface area contributed by atoms with Crippen molar-refractivity contribution in [1.82, 2.24) is 0 Å². The minimum atomic E-state index is -6.03. The smallest absolute Gasteiger partial charge is 0.406 e. The number of hydrogen-bond acceptors (Lipinski definition) is 4. The summed E-state index contributed by atoms with van der Waals surface area (Å²) in [4.78, 5) is 0.674. The quantitative estimate of drug-likeness (QED) is 0.407. The first-order chi connectivity index (χ1) is 15.9. The van der Waals surface area contributed by atoms with Crippen LogP contribution in [0, 0.1) is 5.92 Å². The van der Waals surface area contributed by atoms with Gasteiger partial charge in [-0.15, -0.1) is 24.9 Å². The van der Waals surface area contributed by atoms with Crippen molar-refractivity contribution in [2.45, 2.75) is 54.5 Å². The van der Waals surface area contributed by atoms with Crippen LogP contribution in [-0.4, -0.2) is 29.6 Å². The second kappa shape index (κ2) is 7.86.